The quantitative estimate of drug-likeness (QED) is 0.627. The van der Waals surface area contributed by atoms with Crippen LogP contribution in [0.2, 0.25) is 0 Å². The van der Waals surface area contributed by atoms with Crippen molar-refractivity contribution in [1.82, 2.24) is 0 Å². The standard InChI is InChI=1S/C15H14O4S/c1-18-15(17)11-4-6-12(7-5-11)19-14(16)9-8-13-3-2-10-20-13/h2-7,10H,8-9H2,1H3. The molecule has 104 valence electrons. The highest BCUT2D eigenvalue weighted by Crippen LogP contribution is 2.15. The average Bonchev–Trinajstić information content (AvgIpc) is 2.98. The summed E-state index contributed by atoms with van der Waals surface area (Å²) in [5.74, 6) is -0.279. The van der Waals surface area contributed by atoms with Crippen LogP contribution >= 0.6 is 11.3 Å². The summed E-state index contributed by atoms with van der Waals surface area (Å²) in [7, 11) is 1.32. The fourth-order valence-corrected chi connectivity index (χ4v) is 2.35. The maximum atomic E-state index is 11.7. The van der Waals surface area contributed by atoms with Crippen molar-refractivity contribution >= 4 is 23.3 Å². The summed E-state index contributed by atoms with van der Waals surface area (Å²) in [4.78, 5) is 24.1. The van der Waals surface area contributed by atoms with Crippen molar-refractivity contribution in [3.63, 3.8) is 0 Å². The molecule has 0 N–H and O–H groups in total. The number of carbonyl (C=O) groups excluding carboxylic acids is 2. The van der Waals surface area contributed by atoms with E-state index in [1.165, 1.54) is 7.11 Å². The lowest BCUT2D eigenvalue weighted by atomic mass is 10.2. The van der Waals surface area contributed by atoms with Gasteiger partial charge >= 0.3 is 11.9 Å². The Balaban J connectivity index is 1.86. The van der Waals surface area contributed by atoms with Gasteiger partial charge in [0.15, 0.2) is 0 Å². The van der Waals surface area contributed by atoms with E-state index in [0.29, 0.717) is 24.2 Å². The summed E-state index contributed by atoms with van der Waals surface area (Å²) in [6, 6.07) is 10.2. The molecule has 0 saturated carbocycles. The van der Waals surface area contributed by atoms with Gasteiger partial charge in [-0.05, 0) is 42.1 Å². The lowest BCUT2D eigenvalue weighted by Crippen LogP contribution is -2.09. The van der Waals surface area contributed by atoms with Gasteiger partial charge in [-0.15, -0.1) is 11.3 Å². The van der Waals surface area contributed by atoms with Crippen LogP contribution in [0.3, 0.4) is 0 Å². The molecule has 4 nitrogen and oxygen atoms in total. The van der Waals surface area contributed by atoms with Gasteiger partial charge in [0.05, 0.1) is 19.1 Å². The lowest BCUT2D eigenvalue weighted by molar-refractivity contribution is -0.134. The number of esters is 2. The molecule has 1 aromatic heterocycles. The molecule has 0 fully saturated rings. The molecule has 0 amide bonds. The Morgan fingerprint density at radius 3 is 2.50 bits per heavy atom. The van der Waals surface area contributed by atoms with Gasteiger partial charge in [0.1, 0.15) is 5.75 Å². The van der Waals surface area contributed by atoms with Gasteiger partial charge in [-0.1, -0.05) is 6.07 Å². The molecular formula is C15H14O4S. The summed E-state index contributed by atoms with van der Waals surface area (Å²) in [5, 5.41) is 1.98. The largest absolute Gasteiger partial charge is 0.465 e. The molecule has 0 radical (unpaired) electrons. The van der Waals surface area contributed by atoms with E-state index in [9.17, 15) is 9.59 Å². The number of carbonyl (C=O) groups is 2. The van der Waals surface area contributed by atoms with Gasteiger partial charge in [-0.3, -0.25) is 4.79 Å². The Morgan fingerprint density at radius 1 is 1.15 bits per heavy atom. The fourth-order valence-electron chi connectivity index (χ4n) is 1.64. The summed E-state index contributed by atoms with van der Waals surface area (Å²) >= 11 is 1.62. The Kier molecular flexibility index (Phi) is 4.90. The third-order valence-electron chi connectivity index (χ3n) is 2.66. The van der Waals surface area contributed by atoms with Crippen LogP contribution in [0.5, 0.6) is 5.75 Å². The monoisotopic (exact) mass is 290 g/mol. The number of hydrogen-bond acceptors (Lipinski definition) is 5. The van der Waals surface area contributed by atoms with Crippen LogP contribution in [0, 0.1) is 0 Å². The lowest BCUT2D eigenvalue weighted by Gasteiger charge is -2.04. The van der Waals surface area contributed by atoms with Crippen LogP contribution < -0.4 is 4.74 Å². The van der Waals surface area contributed by atoms with Gasteiger partial charge in [-0.2, -0.15) is 0 Å². The molecule has 0 unspecified atom stereocenters. The predicted octanol–water partition coefficient (Wildman–Crippen LogP) is 3.07. The Bertz CT molecular complexity index is 572. The topological polar surface area (TPSA) is 52.6 Å². The predicted molar refractivity (Wildman–Crippen MR) is 76.1 cm³/mol. The molecule has 0 bridgehead atoms. The second-order valence-corrected chi connectivity index (χ2v) is 5.10. The zero-order chi connectivity index (χ0) is 14.4. The van der Waals surface area contributed by atoms with Crippen molar-refractivity contribution in [2.45, 2.75) is 12.8 Å². The fraction of sp³-hybridized carbons (Fsp3) is 0.200. The minimum Gasteiger partial charge on any atom is -0.465 e. The summed E-state index contributed by atoms with van der Waals surface area (Å²) in [5.41, 5.74) is 0.422. The van der Waals surface area contributed by atoms with E-state index in [-0.39, 0.29) is 5.97 Å². The van der Waals surface area contributed by atoms with Crippen LogP contribution in [0.1, 0.15) is 21.7 Å². The van der Waals surface area contributed by atoms with Gasteiger partial charge < -0.3 is 9.47 Å². The molecule has 0 spiro atoms. The van der Waals surface area contributed by atoms with Crippen molar-refractivity contribution in [1.29, 1.82) is 0 Å². The number of benzene rings is 1. The third-order valence-corrected chi connectivity index (χ3v) is 3.60. The maximum absolute atomic E-state index is 11.7. The molecule has 1 aromatic carbocycles. The van der Waals surface area contributed by atoms with Crippen molar-refractivity contribution < 1.29 is 19.1 Å². The normalized spacial score (nSPS) is 10.1. The Morgan fingerprint density at radius 2 is 1.90 bits per heavy atom. The highest BCUT2D eigenvalue weighted by Gasteiger charge is 2.08. The van der Waals surface area contributed by atoms with Crippen LogP contribution in [-0.4, -0.2) is 19.0 Å². The molecule has 0 atom stereocenters. The Labute approximate surface area is 121 Å². The highest BCUT2D eigenvalue weighted by atomic mass is 32.1. The van der Waals surface area contributed by atoms with Gasteiger partial charge in [0.2, 0.25) is 0 Å². The molecule has 0 aliphatic carbocycles. The SMILES string of the molecule is COC(=O)c1ccc(OC(=O)CCc2cccs2)cc1. The molecule has 0 saturated heterocycles. The Hall–Kier alpha value is -2.14. The number of rotatable bonds is 5. The van der Waals surface area contributed by atoms with E-state index in [0.717, 1.165) is 4.88 Å². The third kappa shape index (κ3) is 3.93. The maximum Gasteiger partial charge on any atom is 0.337 e. The highest BCUT2D eigenvalue weighted by molar-refractivity contribution is 7.09. The number of aryl methyl sites for hydroxylation is 1. The minimum absolute atomic E-state index is 0.288. The minimum atomic E-state index is -0.416. The first-order valence-corrected chi connectivity index (χ1v) is 6.98. The molecule has 0 aliphatic heterocycles. The molecule has 1 heterocycles. The number of thiophene rings is 1. The molecular weight excluding hydrogens is 276 g/mol. The van der Waals surface area contributed by atoms with Gasteiger partial charge in [0, 0.05) is 4.88 Å². The van der Waals surface area contributed by atoms with E-state index in [4.69, 9.17) is 4.74 Å². The van der Waals surface area contributed by atoms with Crippen molar-refractivity contribution in [3.05, 3.63) is 52.2 Å². The molecule has 2 aromatic rings. The van der Waals surface area contributed by atoms with Crippen LogP contribution in [0.25, 0.3) is 0 Å². The summed E-state index contributed by atoms with van der Waals surface area (Å²) in [6.45, 7) is 0. The summed E-state index contributed by atoms with van der Waals surface area (Å²) < 4.78 is 9.79. The van der Waals surface area contributed by atoms with Crippen LogP contribution in [0.4, 0.5) is 0 Å². The second kappa shape index (κ2) is 6.86. The second-order valence-electron chi connectivity index (χ2n) is 4.07. The van der Waals surface area contributed by atoms with Crippen molar-refractivity contribution in [2.75, 3.05) is 7.11 Å². The zero-order valence-electron chi connectivity index (χ0n) is 11.0. The molecule has 5 heteroatoms. The molecule has 20 heavy (non-hydrogen) atoms. The first-order chi connectivity index (χ1) is 9.69. The van der Waals surface area contributed by atoms with E-state index in [1.807, 2.05) is 17.5 Å². The smallest absolute Gasteiger partial charge is 0.337 e. The number of hydrogen-bond donors (Lipinski definition) is 0. The van der Waals surface area contributed by atoms with Gasteiger partial charge in [-0.25, -0.2) is 4.79 Å². The van der Waals surface area contributed by atoms with Crippen molar-refractivity contribution in [3.8, 4) is 5.75 Å². The van der Waals surface area contributed by atoms with E-state index < -0.39 is 5.97 Å². The van der Waals surface area contributed by atoms with Crippen molar-refractivity contribution in [2.24, 2.45) is 0 Å². The van der Waals surface area contributed by atoms with E-state index in [1.54, 1.807) is 35.6 Å². The van der Waals surface area contributed by atoms with Gasteiger partial charge in [0.25, 0.3) is 0 Å². The summed E-state index contributed by atoms with van der Waals surface area (Å²) in [6.07, 6.45) is 1.01. The van der Waals surface area contributed by atoms with Crippen LogP contribution in [-0.2, 0) is 16.0 Å². The van der Waals surface area contributed by atoms with E-state index >= 15 is 0 Å². The zero-order valence-corrected chi connectivity index (χ0v) is 11.8. The molecule has 2 rings (SSSR count). The first-order valence-electron chi connectivity index (χ1n) is 6.10. The average molecular weight is 290 g/mol. The van der Waals surface area contributed by atoms with Crippen LogP contribution in [0.15, 0.2) is 41.8 Å². The number of methoxy groups -OCH3 is 1. The first kappa shape index (κ1) is 14.3. The number of ether oxygens (including phenoxy) is 2. The van der Waals surface area contributed by atoms with E-state index in [2.05, 4.69) is 4.74 Å². The molecule has 0 aliphatic rings.